The van der Waals surface area contributed by atoms with Crippen LogP contribution >= 0.6 is 11.6 Å². The third-order valence-electron chi connectivity index (χ3n) is 2.97. The molecule has 152 valence electrons. The summed E-state index contributed by atoms with van der Waals surface area (Å²) >= 11 is 5.78. The van der Waals surface area contributed by atoms with Crippen molar-refractivity contribution in [3.8, 4) is 0 Å². The predicted molar refractivity (Wildman–Crippen MR) is 87.8 cm³/mol. The fourth-order valence-corrected chi connectivity index (χ4v) is 2.46. The molecule has 0 saturated carbocycles. The molecule has 0 aliphatic rings. The van der Waals surface area contributed by atoms with Crippen molar-refractivity contribution in [2.24, 2.45) is 5.16 Å². The van der Waals surface area contributed by atoms with Gasteiger partial charge in [0.05, 0.1) is 11.4 Å². The van der Waals surface area contributed by atoms with E-state index >= 15 is 0 Å². The number of alkyl halides is 3. The lowest BCUT2D eigenvalue weighted by Gasteiger charge is -2.15. The minimum Gasteiger partial charge on any atom is -0.395 e. The minimum absolute atomic E-state index is 0.0394. The van der Waals surface area contributed by atoms with Gasteiger partial charge in [0.25, 0.3) is 0 Å². The summed E-state index contributed by atoms with van der Waals surface area (Å²) in [4.78, 5) is 4.69. The summed E-state index contributed by atoms with van der Waals surface area (Å²) in [6.45, 7) is 0.948. The van der Waals surface area contributed by atoms with E-state index in [1.807, 2.05) is 0 Å². The Labute approximate surface area is 155 Å². The highest BCUT2D eigenvalue weighted by Gasteiger charge is 2.46. The molecule has 0 unspecified atom stereocenters. The van der Waals surface area contributed by atoms with Crippen LogP contribution in [0.3, 0.4) is 0 Å². The third-order valence-corrected chi connectivity index (χ3v) is 4.30. The summed E-state index contributed by atoms with van der Waals surface area (Å²) in [6.07, 6.45) is -3.22. The predicted octanol–water partition coefficient (Wildman–Crippen LogP) is 5.20. The molecule has 0 spiro atoms. The van der Waals surface area contributed by atoms with E-state index in [-0.39, 0.29) is 22.7 Å². The van der Waals surface area contributed by atoms with Crippen LogP contribution in [0.25, 0.3) is 0 Å². The monoisotopic (exact) mass is 438 g/mol. The van der Waals surface area contributed by atoms with Crippen molar-refractivity contribution in [3.05, 3.63) is 40.7 Å². The normalized spacial score (nSPS) is 12.7. The summed E-state index contributed by atoms with van der Waals surface area (Å²) < 4.78 is 98.3. The molecule has 13 heteroatoms. The van der Waals surface area contributed by atoms with Crippen LogP contribution in [0.1, 0.15) is 25.3 Å². The number of nitrogens with one attached hydrogen (secondary N) is 1. The number of halogens is 7. The highest BCUT2D eigenvalue weighted by Crippen LogP contribution is 2.29. The first kappa shape index (κ1) is 23.1. The Balaban J connectivity index is 3.13. The van der Waals surface area contributed by atoms with Crippen molar-refractivity contribution in [2.75, 3.05) is 11.3 Å². The molecule has 0 heterocycles. The number of sulfonamides is 1. The van der Waals surface area contributed by atoms with Gasteiger partial charge in [-0.3, -0.25) is 4.72 Å². The summed E-state index contributed by atoms with van der Waals surface area (Å²) in [7, 11) is -5.70. The fourth-order valence-electron chi connectivity index (χ4n) is 1.70. The van der Waals surface area contributed by atoms with Crippen molar-refractivity contribution in [1.82, 2.24) is 0 Å². The smallest absolute Gasteiger partial charge is 0.395 e. The van der Waals surface area contributed by atoms with Gasteiger partial charge in [-0.15, -0.1) is 0 Å². The van der Waals surface area contributed by atoms with Crippen molar-refractivity contribution in [1.29, 1.82) is 0 Å². The van der Waals surface area contributed by atoms with Crippen LogP contribution in [0.15, 0.2) is 35.3 Å². The van der Waals surface area contributed by atoms with E-state index < -0.39 is 46.2 Å². The number of nitrogens with zero attached hydrogens (tertiary/aromatic N) is 1. The summed E-state index contributed by atoms with van der Waals surface area (Å²) in [5.41, 5.74) is -6.18. The molecule has 1 aromatic carbocycles. The largest absolute Gasteiger partial charge is 0.516 e. The summed E-state index contributed by atoms with van der Waals surface area (Å²) in [5.74, 6) is -1.69. The average molecular weight is 439 g/mol. The lowest BCUT2D eigenvalue weighted by atomic mass is 10.1. The maximum absolute atomic E-state index is 12.7. The molecular formula is C14H13ClF6N2O3S. The first-order chi connectivity index (χ1) is 12.4. The van der Waals surface area contributed by atoms with Gasteiger partial charge in [0.2, 0.25) is 0 Å². The second kappa shape index (κ2) is 9.31. The number of hydrogen-bond donors (Lipinski definition) is 1. The highest BCUT2D eigenvalue weighted by atomic mass is 35.5. The van der Waals surface area contributed by atoms with E-state index in [9.17, 15) is 34.8 Å². The first-order valence-electron chi connectivity index (χ1n) is 7.16. The van der Waals surface area contributed by atoms with Crippen LogP contribution in [0.4, 0.5) is 32.0 Å². The molecule has 0 fully saturated rings. The Morgan fingerprint density at radius 3 is 2.41 bits per heavy atom. The molecule has 27 heavy (non-hydrogen) atoms. The molecule has 0 aromatic heterocycles. The molecule has 0 amide bonds. The van der Waals surface area contributed by atoms with Gasteiger partial charge in [-0.2, -0.15) is 30.4 Å². The Bertz CT molecular complexity index is 836. The van der Waals surface area contributed by atoms with Gasteiger partial charge in [0.15, 0.2) is 5.83 Å². The van der Waals surface area contributed by atoms with Crippen LogP contribution in [-0.4, -0.2) is 26.2 Å². The number of benzene rings is 1. The van der Waals surface area contributed by atoms with Gasteiger partial charge in [0, 0.05) is 17.0 Å². The van der Waals surface area contributed by atoms with Crippen LogP contribution < -0.4 is 4.72 Å². The van der Waals surface area contributed by atoms with Gasteiger partial charge < -0.3 is 4.84 Å². The van der Waals surface area contributed by atoms with Crippen LogP contribution in [-0.2, 0) is 14.9 Å². The Morgan fingerprint density at radius 2 is 1.89 bits per heavy atom. The zero-order valence-corrected chi connectivity index (χ0v) is 15.2. The topological polar surface area (TPSA) is 67.8 Å². The summed E-state index contributed by atoms with van der Waals surface area (Å²) in [6, 6.07) is 3.29. The van der Waals surface area contributed by atoms with Crippen molar-refractivity contribution in [3.63, 3.8) is 0 Å². The standard InChI is InChI=1S/C14H13ClF6N2O3S/c1-2-11(22-26-6-5-10(16)13(17)18)9-7-8(15)3-4-12(9)23-27(24,25)14(19,20)21/h3-4,7,23H,2,5-6H2,1H3. The Morgan fingerprint density at radius 1 is 1.26 bits per heavy atom. The summed E-state index contributed by atoms with van der Waals surface area (Å²) in [5, 5.41) is 3.61. The van der Waals surface area contributed by atoms with Gasteiger partial charge in [-0.1, -0.05) is 23.7 Å². The molecular weight excluding hydrogens is 426 g/mol. The molecule has 0 bridgehead atoms. The highest BCUT2D eigenvalue weighted by molar-refractivity contribution is 7.93. The van der Waals surface area contributed by atoms with Crippen LogP contribution in [0.5, 0.6) is 0 Å². The molecule has 1 aromatic rings. The average Bonchev–Trinajstić information content (AvgIpc) is 2.55. The molecule has 0 radical (unpaired) electrons. The molecule has 0 saturated heterocycles. The zero-order valence-electron chi connectivity index (χ0n) is 13.6. The van der Waals surface area contributed by atoms with Crippen molar-refractivity contribution in [2.45, 2.75) is 25.3 Å². The van der Waals surface area contributed by atoms with Gasteiger partial charge in [0.1, 0.15) is 6.61 Å². The molecule has 5 nitrogen and oxygen atoms in total. The fraction of sp³-hybridized carbons (Fsp3) is 0.357. The Kier molecular flexibility index (Phi) is 7.96. The molecule has 1 N–H and O–H groups in total. The molecule has 0 aliphatic heterocycles. The lowest BCUT2D eigenvalue weighted by molar-refractivity contribution is -0.0429. The number of anilines is 1. The van der Waals surface area contributed by atoms with Gasteiger partial charge in [-0.05, 0) is 24.6 Å². The number of rotatable bonds is 8. The Hall–Kier alpha value is -1.95. The van der Waals surface area contributed by atoms with E-state index in [1.54, 1.807) is 0 Å². The van der Waals surface area contributed by atoms with E-state index in [4.69, 9.17) is 16.4 Å². The second-order valence-corrected chi connectivity index (χ2v) is 6.99. The molecule has 1 rings (SSSR count). The van der Waals surface area contributed by atoms with Gasteiger partial charge >= 0.3 is 21.6 Å². The number of oxime groups is 1. The van der Waals surface area contributed by atoms with E-state index in [1.165, 1.54) is 11.6 Å². The van der Waals surface area contributed by atoms with E-state index in [0.29, 0.717) is 0 Å². The van der Waals surface area contributed by atoms with E-state index in [0.717, 1.165) is 18.2 Å². The van der Waals surface area contributed by atoms with Crippen LogP contribution in [0, 0.1) is 0 Å². The second-order valence-electron chi connectivity index (χ2n) is 4.88. The molecule has 0 atom stereocenters. The maximum atomic E-state index is 12.7. The molecule has 0 aliphatic carbocycles. The van der Waals surface area contributed by atoms with Crippen LogP contribution in [0.2, 0.25) is 5.02 Å². The van der Waals surface area contributed by atoms with Crippen molar-refractivity contribution >= 4 is 33.0 Å². The number of hydrogen-bond acceptors (Lipinski definition) is 4. The van der Waals surface area contributed by atoms with E-state index in [2.05, 4.69) is 5.16 Å². The minimum atomic E-state index is -5.70. The third kappa shape index (κ3) is 6.61. The maximum Gasteiger partial charge on any atom is 0.516 e. The zero-order chi connectivity index (χ0) is 20.8. The SMILES string of the molecule is CCC(=NOCCC(F)=C(F)F)c1cc(Cl)ccc1NS(=O)(=O)C(F)(F)F. The first-order valence-corrected chi connectivity index (χ1v) is 9.02. The lowest BCUT2D eigenvalue weighted by Crippen LogP contribution is -2.30. The van der Waals surface area contributed by atoms with Crippen molar-refractivity contribution < 1.29 is 39.6 Å². The quantitative estimate of drug-likeness (QED) is 0.262. The van der Waals surface area contributed by atoms with Gasteiger partial charge in [-0.25, -0.2) is 4.39 Å².